The average Bonchev–Trinajstić information content (AvgIpc) is 2.29. The van der Waals surface area contributed by atoms with Gasteiger partial charge in [-0.25, -0.2) is 0 Å². The molecule has 2 nitrogen and oxygen atoms in total. The van der Waals surface area contributed by atoms with Crippen LogP contribution in [0.5, 0.6) is 0 Å². The summed E-state index contributed by atoms with van der Waals surface area (Å²) in [7, 11) is 0. The van der Waals surface area contributed by atoms with Crippen LogP contribution in [0.15, 0.2) is 28.7 Å². The molecule has 16 heavy (non-hydrogen) atoms. The zero-order valence-electron chi connectivity index (χ0n) is 8.66. The second-order valence-electron chi connectivity index (χ2n) is 3.85. The number of carbonyl (C=O) groups is 1. The van der Waals surface area contributed by atoms with Crippen LogP contribution in [0.4, 0.5) is 0 Å². The Kier molecular flexibility index (Phi) is 4.38. The summed E-state index contributed by atoms with van der Waals surface area (Å²) in [5, 5.41) is 0. The molecule has 1 aromatic carbocycles. The number of carbonyl (C=O) groups excluding carboxylic acids is 1. The molecule has 1 fully saturated rings. The zero-order chi connectivity index (χ0) is 11.5. The maximum absolute atomic E-state index is 11.8. The molecule has 1 saturated heterocycles. The monoisotopic (exact) mass is 394 g/mol. The summed E-state index contributed by atoms with van der Waals surface area (Å²) in [5.74, 6) is 0.328. The number of benzene rings is 1. The van der Waals surface area contributed by atoms with Crippen LogP contribution < -0.4 is 0 Å². The standard InChI is InChI=1S/C12H12BrIO2/c13-9-3-1-2-8(6-9)12(14)10-7-16-5-4-11(10)15/h1-3,6,10,12H,4-5,7H2. The van der Waals surface area contributed by atoms with Gasteiger partial charge in [-0.05, 0) is 17.7 Å². The quantitative estimate of drug-likeness (QED) is 0.566. The average molecular weight is 395 g/mol. The molecule has 0 bridgehead atoms. The third-order valence-electron chi connectivity index (χ3n) is 2.72. The van der Waals surface area contributed by atoms with Crippen molar-refractivity contribution < 1.29 is 9.53 Å². The van der Waals surface area contributed by atoms with E-state index in [4.69, 9.17) is 4.74 Å². The normalized spacial score (nSPS) is 23.1. The summed E-state index contributed by atoms with van der Waals surface area (Å²) in [6.07, 6.45) is 0.554. The SMILES string of the molecule is O=C1CCOCC1C(I)c1cccc(Br)c1. The van der Waals surface area contributed by atoms with Crippen molar-refractivity contribution in [3.63, 3.8) is 0 Å². The van der Waals surface area contributed by atoms with E-state index in [0.29, 0.717) is 25.4 Å². The minimum atomic E-state index is 0.00338. The van der Waals surface area contributed by atoms with Gasteiger partial charge in [-0.3, -0.25) is 4.79 Å². The number of hydrogen-bond acceptors (Lipinski definition) is 2. The molecular weight excluding hydrogens is 383 g/mol. The van der Waals surface area contributed by atoms with E-state index < -0.39 is 0 Å². The third-order valence-corrected chi connectivity index (χ3v) is 4.80. The Morgan fingerprint density at radius 1 is 1.50 bits per heavy atom. The molecular formula is C12H12BrIO2. The van der Waals surface area contributed by atoms with Gasteiger partial charge in [-0.2, -0.15) is 0 Å². The van der Waals surface area contributed by atoms with Crippen molar-refractivity contribution in [1.29, 1.82) is 0 Å². The van der Waals surface area contributed by atoms with Crippen LogP contribution in [0.25, 0.3) is 0 Å². The predicted molar refractivity (Wildman–Crippen MR) is 74.8 cm³/mol. The van der Waals surface area contributed by atoms with Crippen molar-refractivity contribution in [2.45, 2.75) is 10.3 Å². The van der Waals surface area contributed by atoms with Crippen LogP contribution in [-0.2, 0) is 9.53 Å². The number of hydrogen-bond donors (Lipinski definition) is 0. The number of Topliss-reactive ketones (excluding diaryl/α,β-unsaturated/α-hetero) is 1. The highest BCUT2D eigenvalue weighted by Gasteiger charge is 2.30. The molecule has 1 aliphatic rings. The molecule has 2 unspecified atom stereocenters. The molecule has 2 atom stereocenters. The molecule has 0 saturated carbocycles. The number of halogens is 2. The predicted octanol–water partition coefficient (Wildman–Crippen LogP) is 3.53. The molecule has 86 valence electrons. The summed E-state index contributed by atoms with van der Waals surface area (Å²) < 4.78 is 6.64. The lowest BCUT2D eigenvalue weighted by molar-refractivity contribution is -0.130. The summed E-state index contributed by atoms with van der Waals surface area (Å²) >= 11 is 5.79. The number of alkyl halides is 1. The van der Waals surface area contributed by atoms with Gasteiger partial charge in [0.1, 0.15) is 5.78 Å². The van der Waals surface area contributed by atoms with Gasteiger partial charge in [0, 0.05) is 14.8 Å². The van der Waals surface area contributed by atoms with Crippen molar-refractivity contribution in [1.82, 2.24) is 0 Å². The minimum absolute atomic E-state index is 0.00338. The van der Waals surface area contributed by atoms with Gasteiger partial charge in [0.25, 0.3) is 0 Å². The van der Waals surface area contributed by atoms with E-state index in [9.17, 15) is 4.79 Å². The Morgan fingerprint density at radius 2 is 2.31 bits per heavy atom. The molecule has 0 aliphatic carbocycles. The van der Waals surface area contributed by atoms with Crippen LogP contribution in [0, 0.1) is 5.92 Å². The first kappa shape index (κ1) is 12.5. The van der Waals surface area contributed by atoms with E-state index in [0.717, 1.165) is 4.47 Å². The van der Waals surface area contributed by atoms with E-state index in [1.807, 2.05) is 12.1 Å². The lowest BCUT2D eigenvalue weighted by Gasteiger charge is -2.25. The van der Waals surface area contributed by atoms with Gasteiger partial charge >= 0.3 is 0 Å². The molecule has 1 aliphatic heterocycles. The number of ketones is 1. The van der Waals surface area contributed by atoms with Crippen LogP contribution >= 0.6 is 38.5 Å². The van der Waals surface area contributed by atoms with Gasteiger partial charge in [0.05, 0.1) is 19.1 Å². The summed E-state index contributed by atoms with van der Waals surface area (Å²) in [4.78, 5) is 11.8. The maximum atomic E-state index is 11.8. The first-order chi connectivity index (χ1) is 7.68. The van der Waals surface area contributed by atoms with E-state index in [1.165, 1.54) is 5.56 Å². The molecule has 2 rings (SSSR count). The van der Waals surface area contributed by atoms with Crippen molar-refractivity contribution in [3.8, 4) is 0 Å². The Balaban J connectivity index is 2.17. The first-order valence-corrected chi connectivity index (χ1v) is 7.22. The van der Waals surface area contributed by atoms with Crippen molar-refractivity contribution in [3.05, 3.63) is 34.3 Å². The fourth-order valence-electron chi connectivity index (χ4n) is 1.82. The Morgan fingerprint density at radius 3 is 3.00 bits per heavy atom. The second-order valence-corrected chi connectivity index (χ2v) is 6.11. The highest BCUT2D eigenvalue weighted by atomic mass is 127. The molecule has 0 radical (unpaired) electrons. The zero-order valence-corrected chi connectivity index (χ0v) is 12.4. The van der Waals surface area contributed by atoms with E-state index in [2.05, 4.69) is 50.7 Å². The minimum Gasteiger partial charge on any atom is -0.380 e. The van der Waals surface area contributed by atoms with E-state index in [-0.39, 0.29) is 9.84 Å². The third kappa shape index (κ3) is 2.84. The molecule has 0 spiro atoms. The van der Waals surface area contributed by atoms with Gasteiger partial charge < -0.3 is 4.74 Å². The van der Waals surface area contributed by atoms with Crippen LogP contribution in [-0.4, -0.2) is 19.0 Å². The fourth-order valence-corrected chi connectivity index (χ4v) is 3.23. The smallest absolute Gasteiger partial charge is 0.141 e. The fraction of sp³-hybridized carbons (Fsp3) is 0.417. The highest BCUT2D eigenvalue weighted by Crippen LogP contribution is 2.35. The van der Waals surface area contributed by atoms with Crippen LogP contribution in [0.1, 0.15) is 15.9 Å². The summed E-state index contributed by atoms with van der Waals surface area (Å²) in [5.41, 5.74) is 1.18. The summed E-state index contributed by atoms with van der Waals surface area (Å²) in [6, 6.07) is 8.12. The lowest BCUT2D eigenvalue weighted by atomic mass is 9.93. The first-order valence-electron chi connectivity index (χ1n) is 5.18. The van der Waals surface area contributed by atoms with Gasteiger partial charge in [0.2, 0.25) is 0 Å². The molecule has 0 aromatic heterocycles. The number of rotatable bonds is 2. The van der Waals surface area contributed by atoms with Crippen molar-refractivity contribution >= 4 is 44.3 Å². The summed E-state index contributed by atoms with van der Waals surface area (Å²) in [6.45, 7) is 1.14. The Bertz CT molecular complexity index is 394. The van der Waals surface area contributed by atoms with Crippen LogP contribution in [0.2, 0.25) is 0 Å². The lowest BCUT2D eigenvalue weighted by Crippen LogP contribution is -2.30. The molecule has 4 heteroatoms. The maximum Gasteiger partial charge on any atom is 0.141 e. The molecule has 1 heterocycles. The Labute approximate surface area is 117 Å². The van der Waals surface area contributed by atoms with E-state index >= 15 is 0 Å². The molecule has 0 N–H and O–H groups in total. The highest BCUT2D eigenvalue weighted by molar-refractivity contribution is 14.1. The van der Waals surface area contributed by atoms with Crippen molar-refractivity contribution in [2.24, 2.45) is 5.92 Å². The van der Waals surface area contributed by atoms with Gasteiger partial charge in [-0.1, -0.05) is 50.7 Å². The Hall–Kier alpha value is 0.0600. The van der Waals surface area contributed by atoms with Gasteiger partial charge in [0.15, 0.2) is 0 Å². The largest absolute Gasteiger partial charge is 0.380 e. The van der Waals surface area contributed by atoms with Gasteiger partial charge in [-0.15, -0.1) is 0 Å². The molecule has 0 amide bonds. The van der Waals surface area contributed by atoms with E-state index in [1.54, 1.807) is 0 Å². The van der Waals surface area contributed by atoms with Crippen molar-refractivity contribution in [2.75, 3.05) is 13.2 Å². The molecule has 1 aromatic rings. The van der Waals surface area contributed by atoms with Crippen LogP contribution in [0.3, 0.4) is 0 Å². The topological polar surface area (TPSA) is 26.3 Å². The number of ether oxygens (including phenoxy) is 1. The second kappa shape index (κ2) is 5.60.